The lowest BCUT2D eigenvalue weighted by molar-refractivity contribution is 0.495. The topological polar surface area (TPSA) is 82.0 Å². The standard InChI is InChI=1S/C15H22N6O/c1-3-4-8-21-13-12(9-17-19(2)14(13)22)18-15(21)20-7-5-6-11(16)10-20/h3-4,9,11H,5-8,10,16H2,1-2H3/b4-3+. The van der Waals surface area contributed by atoms with Crippen LogP contribution in [0.2, 0.25) is 0 Å². The Hall–Kier alpha value is -2.15. The van der Waals surface area contributed by atoms with Gasteiger partial charge in [-0.05, 0) is 19.8 Å². The summed E-state index contributed by atoms with van der Waals surface area (Å²) in [6, 6.07) is 0.157. The van der Waals surface area contributed by atoms with Crippen LogP contribution in [-0.4, -0.2) is 38.5 Å². The third-order valence-electron chi connectivity index (χ3n) is 4.09. The molecule has 0 spiro atoms. The molecule has 0 bridgehead atoms. The molecule has 1 unspecified atom stereocenters. The molecule has 1 atom stereocenters. The first-order valence-corrected chi connectivity index (χ1v) is 7.66. The minimum Gasteiger partial charge on any atom is -0.341 e. The number of hydrogen-bond acceptors (Lipinski definition) is 5. The Morgan fingerprint density at radius 1 is 1.50 bits per heavy atom. The fraction of sp³-hybridized carbons (Fsp3) is 0.533. The van der Waals surface area contributed by atoms with Gasteiger partial charge in [-0.25, -0.2) is 9.67 Å². The van der Waals surface area contributed by atoms with Gasteiger partial charge in [0.25, 0.3) is 5.56 Å². The van der Waals surface area contributed by atoms with E-state index in [0.717, 1.165) is 31.9 Å². The molecular weight excluding hydrogens is 280 g/mol. The van der Waals surface area contributed by atoms with Crippen molar-refractivity contribution in [2.24, 2.45) is 12.8 Å². The van der Waals surface area contributed by atoms with E-state index < -0.39 is 0 Å². The first-order valence-electron chi connectivity index (χ1n) is 7.66. The molecule has 118 valence electrons. The second-order valence-corrected chi connectivity index (χ2v) is 5.75. The monoisotopic (exact) mass is 302 g/mol. The minimum atomic E-state index is -0.123. The van der Waals surface area contributed by atoms with Crippen LogP contribution in [0.15, 0.2) is 23.1 Å². The zero-order valence-corrected chi connectivity index (χ0v) is 13.1. The van der Waals surface area contributed by atoms with Gasteiger partial charge >= 0.3 is 0 Å². The van der Waals surface area contributed by atoms with Gasteiger partial charge in [0.05, 0.1) is 6.20 Å². The Morgan fingerprint density at radius 2 is 2.32 bits per heavy atom. The van der Waals surface area contributed by atoms with Crippen LogP contribution in [0.1, 0.15) is 19.8 Å². The molecule has 1 aliphatic heterocycles. The van der Waals surface area contributed by atoms with Crippen molar-refractivity contribution in [3.63, 3.8) is 0 Å². The van der Waals surface area contributed by atoms with Crippen molar-refractivity contribution in [2.45, 2.75) is 32.4 Å². The van der Waals surface area contributed by atoms with E-state index in [1.807, 2.05) is 23.6 Å². The molecule has 2 aromatic rings. The summed E-state index contributed by atoms with van der Waals surface area (Å²) in [4.78, 5) is 19.3. The summed E-state index contributed by atoms with van der Waals surface area (Å²) < 4.78 is 3.32. The molecule has 0 radical (unpaired) electrons. The largest absolute Gasteiger partial charge is 0.341 e. The maximum Gasteiger partial charge on any atom is 0.292 e. The summed E-state index contributed by atoms with van der Waals surface area (Å²) in [6.07, 6.45) is 7.73. The summed E-state index contributed by atoms with van der Waals surface area (Å²) in [7, 11) is 1.66. The van der Waals surface area contributed by atoms with Gasteiger partial charge in [0.2, 0.25) is 5.95 Å². The second kappa shape index (κ2) is 5.92. The SMILES string of the molecule is C/C=C/Cn1c(N2CCCC(N)C2)nc2cnn(C)c(=O)c21. The summed E-state index contributed by atoms with van der Waals surface area (Å²) in [5, 5.41) is 4.07. The molecule has 22 heavy (non-hydrogen) atoms. The predicted octanol–water partition coefficient (Wildman–Crippen LogP) is 0.634. The molecule has 0 amide bonds. The summed E-state index contributed by atoms with van der Waals surface area (Å²) in [6.45, 7) is 4.27. The van der Waals surface area contributed by atoms with Gasteiger partial charge in [0.15, 0.2) is 0 Å². The number of rotatable bonds is 3. The first kappa shape index (κ1) is 14.8. The molecule has 2 aromatic heterocycles. The number of nitrogens with zero attached hydrogens (tertiary/aromatic N) is 5. The average molecular weight is 302 g/mol. The highest BCUT2D eigenvalue weighted by atomic mass is 16.1. The van der Waals surface area contributed by atoms with E-state index in [4.69, 9.17) is 5.73 Å². The zero-order valence-electron chi connectivity index (χ0n) is 13.1. The Balaban J connectivity index is 2.16. The molecular formula is C15H22N6O. The van der Waals surface area contributed by atoms with Crippen LogP contribution in [0.3, 0.4) is 0 Å². The third-order valence-corrected chi connectivity index (χ3v) is 4.09. The van der Waals surface area contributed by atoms with Gasteiger partial charge in [-0.2, -0.15) is 5.10 Å². The van der Waals surface area contributed by atoms with E-state index in [9.17, 15) is 4.79 Å². The number of aryl methyl sites for hydroxylation is 1. The number of piperidine rings is 1. The van der Waals surface area contributed by atoms with Crippen LogP contribution in [-0.2, 0) is 13.6 Å². The van der Waals surface area contributed by atoms with Crippen molar-refractivity contribution in [3.05, 3.63) is 28.7 Å². The number of imidazole rings is 1. The van der Waals surface area contributed by atoms with Gasteiger partial charge in [0.1, 0.15) is 11.0 Å². The normalized spacial score (nSPS) is 19.4. The van der Waals surface area contributed by atoms with Crippen LogP contribution in [0.4, 0.5) is 5.95 Å². The van der Waals surface area contributed by atoms with E-state index >= 15 is 0 Å². The molecule has 1 fully saturated rings. The van der Waals surface area contributed by atoms with Crippen molar-refractivity contribution >= 4 is 17.0 Å². The first-order chi connectivity index (χ1) is 10.6. The van der Waals surface area contributed by atoms with Crippen molar-refractivity contribution in [2.75, 3.05) is 18.0 Å². The fourth-order valence-corrected chi connectivity index (χ4v) is 2.94. The van der Waals surface area contributed by atoms with Crippen LogP contribution < -0.4 is 16.2 Å². The quantitative estimate of drug-likeness (QED) is 0.841. The van der Waals surface area contributed by atoms with E-state index in [0.29, 0.717) is 17.6 Å². The molecule has 7 heteroatoms. The number of allylic oxidation sites excluding steroid dienone is 2. The van der Waals surface area contributed by atoms with Crippen molar-refractivity contribution < 1.29 is 0 Å². The molecule has 0 aliphatic carbocycles. The average Bonchev–Trinajstić information content (AvgIpc) is 2.88. The van der Waals surface area contributed by atoms with Crippen LogP contribution in [0.5, 0.6) is 0 Å². The summed E-state index contributed by atoms with van der Waals surface area (Å²) in [5.74, 6) is 0.813. The second-order valence-electron chi connectivity index (χ2n) is 5.75. The van der Waals surface area contributed by atoms with Gasteiger partial charge in [-0.15, -0.1) is 0 Å². The molecule has 2 N–H and O–H groups in total. The highest BCUT2D eigenvalue weighted by Crippen LogP contribution is 2.23. The highest BCUT2D eigenvalue weighted by molar-refractivity contribution is 5.77. The predicted molar refractivity (Wildman–Crippen MR) is 87.0 cm³/mol. The van der Waals surface area contributed by atoms with Gasteiger partial charge in [-0.3, -0.25) is 4.79 Å². The zero-order chi connectivity index (χ0) is 15.7. The molecule has 1 aliphatic rings. The molecule has 3 rings (SSSR count). The van der Waals surface area contributed by atoms with Gasteiger partial charge < -0.3 is 15.2 Å². The van der Waals surface area contributed by atoms with E-state index in [1.54, 1.807) is 13.2 Å². The van der Waals surface area contributed by atoms with Crippen molar-refractivity contribution in [1.82, 2.24) is 19.3 Å². The lowest BCUT2D eigenvalue weighted by Gasteiger charge is -2.31. The Kier molecular flexibility index (Phi) is 3.98. The van der Waals surface area contributed by atoms with E-state index in [1.165, 1.54) is 4.68 Å². The molecule has 0 aromatic carbocycles. The van der Waals surface area contributed by atoms with Gasteiger partial charge in [0, 0.05) is 32.7 Å². The molecule has 0 saturated carbocycles. The van der Waals surface area contributed by atoms with Crippen LogP contribution in [0.25, 0.3) is 11.0 Å². The summed E-state index contributed by atoms with van der Waals surface area (Å²) >= 11 is 0. The number of nitrogens with two attached hydrogens (primary N) is 1. The van der Waals surface area contributed by atoms with Crippen LogP contribution in [0, 0.1) is 0 Å². The lowest BCUT2D eigenvalue weighted by Crippen LogP contribution is -2.44. The minimum absolute atomic E-state index is 0.123. The number of fused-ring (bicyclic) bond motifs is 1. The maximum atomic E-state index is 12.4. The Bertz CT molecular complexity index is 759. The van der Waals surface area contributed by atoms with Crippen LogP contribution >= 0.6 is 0 Å². The maximum absolute atomic E-state index is 12.4. The number of anilines is 1. The third kappa shape index (κ3) is 2.52. The Morgan fingerprint density at radius 3 is 3.05 bits per heavy atom. The molecule has 1 saturated heterocycles. The smallest absolute Gasteiger partial charge is 0.292 e. The fourth-order valence-electron chi connectivity index (χ4n) is 2.94. The lowest BCUT2D eigenvalue weighted by atomic mass is 10.1. The molecule has 3 heterocycles. The highest BCUT2D eigenvalue weighted by Gasteiger charge is 2.23. The number of aromatic nitrogens is 4. The van der Waals surface area contributed by atoms with Gasteiger partial charge in [-0.1, -0.05) is 12.2 Å². The van der Waals surface area contributed by atoms with E-state index in [2.05, 4.69) is 15.0 Å². The Labute approximate surface area is 129 Å². The van der Waals surface area contributed by atoms with Crippen molar-refractivity contribution in [1.29, 1.82) is 0 Å². The molecule has 7 nitrogen and oxygen atoms in total. The number of hydrogen-bond donors (Lipinski definition) is 1. The van der Waals surface area contributed by atoms with E-state index in [-0.39, 0.29) is 11.6 Å². The van der Waals surface area contributed by atoms with Crippen molar-refractivity contribution in [3.8, 4) is 0 Å². The summed E-state index contributed by atoms with van der Waals surface area (Å²) in [5.41, 5.74) is 7.21.